The minimum Gasteiger partial charge on any atom is -0.489 e. The monoisotopic (exact) mass is 389 g/mol. The molecule has 0 aromatic heterocycles. The second kappa shape index (κ2) is 9.82. The maximum absolute atomic E-state index is 6.15. The van der Waals surface area contributed by atoms with Crippen LogP contribution in [0.1, 0.15) is 25.0 Å². The molecule has 138 valence electrons. The van der Waals surface area contributed by atoms with Gasteiger partial charge in [-0.1, -0.05) is 67.9 Å². The zero-order valence-electron chi connectivity index (χ0n) is 15.2. The average Bonchev–Trinajstić information content (AvgIpc) is 2.62. The third-order valence-corrected chi connectivity index (χ3v) is 4.41. The van der Waals surface area contributed by atoms with Crippen LogP contribution >= 0.6 is 24.0 Å². The van der Waals surface area contributed by atoms with Crippen molar-refractivity contribution in [2.45, 2.75) is 27.0 Å². The summed E-state index contributed by atoms with van der Waals surface area (Å²) in [6.45, 7) is 6.75. The van der Waals surface area contributed by atoms with Crippen molar-refractivity contribution in [2.24, 2.45) is 5.92 Å². The lowest BCUT2D eigenvalue weighted by Gasteiger charge is -2.16. The van der Waals surface area contributed by atoms with Crippen LogP contribution in [0.3, 0.4) is 0 Å². The predicted octanol–water partition coefficient (Wildman–Crippen LogP) is 6.24. The first-order chi connectivity index (χ1) is 12.1. The van der Waals surface area contributed by atoms with E-state index in [0.29, 0.717) is 12.5 Å². The van der Waals surface area contributed by atoms with E-state index < -0.39 is 0 Å². The quantitative estimate of drug-likeness (QED) is 0.516. The molecule has 26 heavy (non-hydrogen) atoms. The number of nitrogens with one attached hydrogen (secondary N) is 1. The normalized spacial score (nSPS) is 10.8. The molecule has 0 atom stereocenters. The van der Waals surface area contributed by atoms with Crippen molar-refractivity contribution in [3.63, 3.8) is 0 Å². The van der Waals surface area contributed by atoms with E-state index in [0.717, 1.165) is 29.4 Å². The molecule has 0 unspecified atom stereocenters. The van der Waals surface area contributed by atoms with Gasteiger partial charge in [-0.05, 0) is 47.0 Å². The summed E-state index contributed by atoms with van der Waals surface area (Å²) in [6, 6.07) is 20.4. The fourth-order valence-corrected chi connectivity index (χ4v) is 2.99. The number of ether oxygens (including phenoxy) is 1. The molecule has 0 saturated heterocycles. The molecule has 0 aliphatic carbocycles. The molecular weight excluding hydrogens is 365 g/mol. The maximum atomic E-state index is 6.15. The van der Waals surface area contributed by atoms with Crippen LogP contribution < -0.4 is 10.1 Å². The van der Waals surface area contributed by atoms with Gasteiger partial charge in [0.1, 0.15) is 12.4 Å². The Labute approximate surface area is 166 Å². The second-order valence-electron chi connectivity index (χ2n) is 6.70. The number of rotatable bonds is 7. The molecule has 3 rings (SSSR count). The SMILES string of the molecule is CC(C)CNCc1c(OCc2ccc(Cl)cc2)ccc2ccccc12.Cl. The predicted molar refractivity (Wildman–Crippen MR) is 114 cm³/mol. The van der Waals surface area contributed by atoms with E-state index in [2.05, 4.69) is 55.6 Å². The van der Waals surface area contributed by atoms with Crippen molar-refractivity contribution in [1.82, 2.24) is 5.32 Å². The van der Waals surface area contributed by atoms with Gasteiger partial charge < -0.3 is 10.1 Å². The Morgan fingerprint density at radius 1 is 0.962 bits per heavy atom. The van der Waals surface area contributed by atoms with Crippen LogP contribution in [0.2, 0.25) is 5.02 Å². The summed E-state index contributed by atoms with van der Waals surface area (Å²) in [4.78, 5) is 0. The van der Waals surface area contributed by atoms with Crippen LogP contribution in [0.4, 0.5) is 0 Å². The Morgan fingerprint density at radius 3 is 2.42 bits per heavy atom. The van der Waals surface area contributed by atoms with Gasteiger partial charge in [0.15, 0.2) is 0 Å². The number of halogens is 2. The molecule has 1 N–H and O–H groups in total. The standard InChI is InChI=1S/C22H24ClNO.ClH/c1-16(2)13-24-14-21-20-6-4-3-5-18(20)9-12-22(21)25-15-17-7-10-19(23)11-8-17;/h3-12,16,24H,13-15H2,1-2H3;1H. The summed E-state index contributed by atoms with van der Waals surface area (Å²) < 4.78 is 6.15. The van der Waals surface area contributed by atoms with Gasteiger partial charge in [0, 0.05) is 17.1 Å². The van der Waals surface area contributed by atoms with Crippen LogP contribution in [-0.2, 0) is 13.2 Å². The number of benzene rings is 3. The molecule has 0 bridgehead atoms. The molecule has 0 saturated carbocycles. The van der Waals surface area contributed by atoms with Gasteiger partial charge in [-0.15, -0.1) is 12.4 Å². The zero-order valence-corrected chi connectivity index (χ0v) is 16.7. The van der Waals surface area contributed by atoms with Crippen molar-refractivity contribution in [3.05, 3.63) is 76.8 Å². The van der Waals surface area contributed by atoms with E-state index >= 15 is 0 Å². The summed E-state index contributed by atoms with van der Waals surface area (Å²) in [5, 5.41) is 6.77. The highest BCUT2D eigenvalue weighted by molar-refractivity contribution is 6.30. The highest BCUT2D eigenvalue weighted by Gasteiger charge is 2.09. The van der Waals surface area contributed by atoms with Gasteiger partial charge in [-0.3, -0.25) is 0 Å². The van der Waals surface area contributed by atoms with Gasteiger partial charge in [0.2, 0.25) is 0 Å². The maximum Gasteiger partial charge on any atom is 0.124 e. The molecule has 0 heterocycles. The van der Waals surface area contributed by atoms with Crippen molar-refractivity contribution < 1.29 is 4.74 Å². The second-order valence-corrected chi connectivity index (χ2v) is 7.14. The van der Waals surface area contributed by atoms with Gasteiger partial charge in [0.25, 0.3) is 0 Å². The molecule has 0 fully saturated rings. The van der Waals surface area contributed by atoms with Crippen LogP contribution in [0.5, 0.6) is 5.75 Å². The Bertz CT molecular complexity index is 831. The first-order valence-corrected chi connectivity index (χ1v) is 9.10. The molecule has 0 radical (unpaired) electrons. The Morgan fingerprint density at radius 2 is 1.69 bits per heavy atom. The summed E-state index contributed by atoms with van der Waals surface area (Å²) in [7, 11) is 0. The lowest BCUT2D eigenvalue weighted by molar-refractivity contribution is 0.302. The zero-order chi connectivity index (χ0) is 17.6. The van der Waals surface area contributed by atoms with E-state index in [4.69, 9.17) is 16.3 Å². The average molecular weight is 390 g/mol. The third-order valence-electron chi connectivity index (χ3n) is 4.16. The third kappa shape index (κ3) is 5.38. The fourth-order valence-electron chi connectivity index (χ4n) is 2.86. The fraction of sp³-hybridized carbons (Fsp3) is 0.273. The molecule has 3 aromatic carbocycles. The largest absolute Gasteiger partial charge is 0.489 e. The Hall–Kier alpha value is -1.74. The lowest BCUT2D eigenvalue weighted by atomic mass is 10.0. The van der Waals surface area contributed by atoms with Gasteiger partial charge in [-0.2, -0.15) is 0 Å². The summed E-state index contributed by atoms with van der Waals surface area (Å²) >= 11 is 5.95. The highest BCUT2D eigenvalue weighted by atomic mass is 35.5. The minimum absolute atomic E-state index is 0. The molecule has 0 aliphatic heterocycles. The van der Waals surface area contributed by atoms with Gasteiger partial charge in [-0.25, -0.2) is 0 Å². The first-order valence-electron chi connectivity index (χ1n) is 8.72. The van der Waals surface area contributed by atoms with E-state index in [1.54, 1.807) is 0 Å². The van der Waals surface area contributed by atoms with Crippen molar-refractivity contribution >= 4 is 34.8 Å². The van der Waals surface area contributed by atoms with E-state index in [1.165, 1.54) is 16.3 Å². The molecule has 4 heteroatoms. The van der Waals surface area contributed by atoms with Crippen LogP contribution in [0.15, 0.2) is 60.7 Å². The van der Waals surface area contributed by atoms with Crippen molar-refractivity contribution in [3.8, 4) is 5.75 Å². The molecule has 0 spiro atoms. The van der Waals surface area contributed by atoms with E-state index in [-0.39, 0.29) is 12.4 Å². The first kappa shape index (κ1) is 20.6. The topological polar surface area (TPSA) is 21.3 Å². The lowest BCUT2D eigenvalue weighted by Crippen LogP contribution is -2.19. The smallest absolute Gasteiger partial charge is 0.124 e. The Balaban J connectivity index is 0.00000243. The summed E-state index contributed by atoms with van der Waals surface area (Å²) in [5.74, 6) is 1.55. The molecule has 0 amide bonds. The molecule has 3 aromatic rings. The van der Waals surface area contributed by atoms with E-state index in [9.17, 15) is 0 Å². The molecule has 0 aliphatic rings. The van der Waals surface area contributed by atoms with Gasteiger partial charge in [0.05, 0.1) is 0 Å². The Kier molecular flexibility index (Phi) is 7.77. The van der Waals surface area contributed by atoms with Crippen LogP contribution in [-0.4, -0.2) is 6.54 Å². The molecular formula is C22H25Cl2NO. The minimum atomic E-state index is 0. The van der Waals surface area contributed by atoms with Crippen LogP contribution in [0.25, 0.3) is 10.8 Å². The number of fused-ring (bicyclic) bond motifs is 1. The number of hydrogen-bond donors (Lipinski definition) is 1. The summed E-state index contributed by atoms with van der Waals surface area (Å²) in [6.07, 6.45) is 0. The van der Waals surface area contributed by atoms with Crippen LogP contribution in [0, 0.1) is 5.92 Å². The van der Waals surface area contributed by atoms with Crippen molar-refractivity contribution in [1.29, 1.82) is 0 Å². The van der Waals surface area contributed by atoms with Crippen molar-refractivity contribution in [2.75, 3.05) is 6.54 Å². The highest BCUT2D eigenvalue weighted by Crippen LogP contribution is 2.29. The number of hydrogen-bond acceptors (Lipinski definition) is 2. The van der Waals surface area contributed by atoms with E-state index in [1.807, 2.05) is 24.3 Å². The summed E-state index contributed by atoms with van der Waals surface area (Å²) in [5.41, 5.74) is 2.33. The van der Waals surface area contributed by atoms with Gasteiger partial charge >= 0.3 is 0 Å². The molecule has 2 nitrogen and oxygen atoms in total.